The van der Waals surface area contributed by atoms with Crippen molar-refractivity contribution in [3.63, 3.8) is 0 Å². The van der Waals surface area contributed by atoms with E-state index in [1.54, 1.807) is 0 Å². The highest BCUT2D eigenvalue weighted by Crippen LogP contribution is 2.54. The van der Waals surface area contributed by atoms with E-state index in [2.05, 4.69) is 39.0 Å². The molecule has 2 N–H and O–H groups in total. The van der Waals surface area contributed by atoms with Crippen LogP contribution in [0.1, 0.15) is 66.7 Å². The maximum atomic E-state index is 10.9. The Morgan fingerprint density at radius 3 is 2.59 bits per heavy atom. The van der Waals surface area contributed by atoms with Crippen LogP contribution in [0.15, 0.2) is 23.8 Å². The number of hydrogen-bond donors (Lipinski definition) is 2. The Balaban J connectivity index is 2.39. The molecule has 2 aliphatic carbocycles. The third kappa shape index (κ3) is 3.83. The highest BCUT2D eigenvalue weighted by molar-refractivity contribution is 5.14. The lowest BCUT2D eigenvalue weighted by molar-refractivity contribution is -0.0509. The van der Waals surface area contributed by atoms with Crippen molar-refractivity contribution in [1.82, 2.24) is 0 Å². The Bertz CT molecular complexity index is 443. The number of hydrogen-bond acceptors (Lipinski definition) is 2. The smallest absolute Gasteiger partial charge is 0.0623 e. The quantitative estimate of drug-likeness (QED) is 0.702. The van der Waals surface area contributed by atoms with Gasteiger partial charge in [-0.15, -0.1) is 0 Å². The predicted octanol–water partition coefficient (Wildman–Crippen LogP) is 4.47. The summed E-state index contributed by atoms with van der Waals surface area (Å²) in [5.74, 6) is 0.844. The van der Waals surface area contributed by atoms with Crippen LogP contribution < -0.4 is 0 Å². The first-order chi connectivity index (χ1) is 10.1. The minimum Gasteiger partial charge on any atom is -0.392 e. The standard InChI is InChI=1S/C20H34O2/c1-14-7-6-8-15(2)13-17(21)18-16(19(3,4)22)10-12-20(18,5)11-9-14/h8-9,11,14,16-18,21-22H,6-7,10,12-13H2,1-5H3/b11-9+,15-8+/t14-,16+,17-,18+,20-/m1/s1. The van der Waals surface area contributed by atoms with Crippen LogP contribution in [0.3, 0.4) is 0 Å². The monoisotopic (exact) mass is 306 g/mol. The Labute approximate surface area is 136 Å². The summed E-state index contributed by atoms with van der Waals surface area (Å²) in [6.07, 6.45) is 11.6. The molecule has 2 rings (SSSR count). The van der Waals surface area contributed by atoms with E-state index < -0.39 is 5.60 Å². The Morgan fingerprint density at radius 2 is 1.95 bits per heavy atom. The van der Waals surface area contributed by atoms with Gasteiger partial charge in [-0.3, -0.25) is 0 Å². The van der Waals surface area contributed by atoms with Crippen LogP contribution in [0.4, 0.5) is 0 Å². The fourth-order valence-corrected chi connectivity index (χ4v) is 4.58. The largest absolute Gasteiger partial charge is 0.392 e. The lowest BCUT2D eigenvalue weighted by Crippen LogP contribution is -2.43. The average molecular weight is 306 g/mol. The molecule has 0 radical (unpaired) electrons. The van der Waals surface area contributed by atoms with E-state index in [9.17, 15) is 10.2 Å². The maximum Gasteiger partial charge on any atom is 0.0623 e. The summed E-state index contributed by atoms with van der Waals surface area (Å²) in [5.41, 5.74) is 0.536. The third-order valence-corrected chi connectivity index (χ3v) is 5.96. The molecule has 1 saturated carbocycles. The van der Waals surface area contributed by atoms with Crippen molar-refractivity contribution in [2.75, 3.05) is 0 Å². The molecule has 0 aromatic rings. The molecule has 5 atom stereocenters. The summed E-state index contributed by atoms with van der Waals surface area (Å²) in [4.78, 5) is 0. The molecule has 0 amide bonds. The molecule has 2 nitrogen and oxygen atoms in total. The molecule has 0 aliphatic heterocycles. The van der Waals surface area contributed by atoms with E-state index in [4.69, 9.17) is 0 Å². The molecular weight excluding hydrogens is 272 g/mol. The zero-order valence-electron chi connectivity index (χ0n) is 15.0. The lowest BCUT2D eigenvalue weighted by Gasteiger charge is -2.40. The fourth-order valence-electron chi connectivity index (χ4n) is 4.58. The van der Waals surface area contributed by atoms with Crippen molar-refractivity contribution in [2.45, 2.75) is 78.4 Å². The first-order valence-electron chi connectivity index (χ1n) is 8.89. The van der Waals surface area contributed by atoms with Crippen molar-refractivity contribution in [3.05, 3.63) is 23.8 Å². The number of aliphatic hydroxyl groups is 2. The zero-order valence-corrected chi connectivity index (χ0v) is 15.0. The van der Waals surface area contributed by atoms with E-state index in [-0.39, 0.29) is 23.4 Å². The summed E-state index contributed by atoms with van der Waals surface area (Å²) in [6.45, 7) is 10.5. The van der Waals surface area contributed by atoms with Crippen LogP contribution >= 0.6 is 0 Å². The highest BCUT2D eigenvalue weighted by atomic mass is 16.3. The SMILES string of the molecule is C/C1=C\CC[C@@H](C)/C=C/[C@]2(C)CC[C@H](C(C)(C)O)[C@H]2[C@H](O)C1. The zero-order chi connectivity index (χ0) is 16.5. The summed E-state index contributed by atoms with van der Waals surface area (Å²) in [7, 11) is 0. The second kappa shape index (κ2) is 6.49. The summed E-state index contributed by atoms with van der Waals surface area (Å²) in [5, 5.41) is 21.5. The van der Waals surface area contributed by atoms with Crippen LogP contribution in [0, 0.1) is 23.2 Å². The van der Waals surface area contributed by atoms with E-state index in [0.29, 0.717) is 5.92 Å². The fraction of sp³-hybridized carbons (Fsp3) is 0.800. The molecule has 0 aromatic carbocycles. The minimum atomic E-state index is -0.735. The van der Waals surface area contributed by atoms with Crippen LogP contribution in [0.5, 0.6) is 0 Å². The maximum absolute atomic E-state index is 10.9. The first-order valence-corrected chi connectivity index (χ1v) is 8.89. The average Bonchev–Trinajstić information content (AvgIpc) is 2.73. The minimum absolute atomic E-state index is 0.0109. The van der Waals surface area contributed by atoms with Gasteiger partial charge in [-0.25, -0.2) is 0 Å². The number of allylic oxidation sites excluding steroid dienone is 3. The van der Waals surface area contributed by atoms with Gasteiger partial charge in [0.25, 0.3) is 0 Å². The van der Waals surface area contributed by atoms with Crippen molar-refractivity contribution >= 4 is 0 Å². The Kier molecular flexibility index (Phi) is 5.23. The number of rotatable bonds is 1. The van der Waals surface area contributed by atoms with Gasteiger partial charge >= 0.3 is 0 Å². The lowest BCUT2D eigenvalue weighted by atomic mass is 9.68. The first kappa shape index (κ1) is 17.7. The highest BCUT2D eigenvalue weighted by Gasteiger charge is 2.51. The van der Waals surface area contributed by atoms with Crippen LogP contribution in [-0.2, 0) is 0 Å². The molecule has 1 fully saturated rings. The summed E-state index contributed by atoms with van der Waals surface area (Å²) < 4.78 is 0. The van der Waals surface area contributed by atoms with Gasteiger partial charge in [0.05, 0.1) is 11.7 Å². The van der Waals surface area contributed by atoms with Crippen LogP contribution in [0.25, 0.3) is 0 Å². The van der Waals surface area contributed by atoms with Gasteiger partial charge in [0.1, 0.15) is 0 Å². The predicted molar refractivity (Wildman–Crippen MR) is 92.5 cm³/mol. The van der Waals surface area contributed by atoms with Crippen molar-refractivity contribution in [3.8, 4) is 0 Å². The van der Waals surface area contributed by atoms with Crippen LogP contribution in [-0.4, -0.2) is 21.9 Å². The van der Waals surface area contributed by atoms with Crippen molar-refractivity contribution < 1.29 is 10.2 Å². The second-order valence-corrected chi connectivity index (χ2v) is 8.57. The van der Waals surface area contributed by atoms with Gasteiger partial charge in [0.15, 0.2) is 0 Å². The second-order valence-electron chi connectivity index (χ2n) is 8.57. The Hall–Kier alpha value is -0.600. The van der Waals surface area contributed by atoms with E-state index in [0.717, 1.165) is 25.7 Å². The molecule has 0 saturated heterocycles. The molecule has 0 unspecified atom stereocenters. The van der Waals surface area contributed by atoms with E-state index >= 15 is 0 Å². The molecule has 0 aromatic heterocycles. The molecule has 0 heterocycles. The van der Waals surface area contributed by atoms with Gasteiger partial charge < -0.3 is 10.2 Å². The molecule has 0 spiro atoms. The normalized spacial score (nSPS) is 44.6. The summed E-state index contributed by atoms with van der Waals surface area (Å²) >= 11 is 0. The molecule has 0 bridgehead atoms. The van der Waals surface area contributed by atoms with Gasteiger partial charge in [0, 0.05) is 0 Å². The number of aliphatic hydroxyl groups excluding tert-OH is 1. The molecule has 2 aliphatic rings. The van der Waals surface area contributed by atoms with E-state index in [1.165, 1.54) is 12.0 Å². The van der Waals surface area contributed by atoms with Gasteiger partial charge in [-0.1, -0.05) is 37.6 Å². The van der Waals surface area contributed by atoms with E-state index in [1.807, 2.05) is 13.8 Å². The third-order valence-electron chi connectivity index (χ3n) is 5.96. The van der Waals surface area contributed by atoms with Gasteiger partial charge in [-0.2, -0.15) is 0 Å². The molecular formula is C20H34O2. The van der Waals surface area contributed by atoms with Gasteiger partial charge in [-0.05, 0) is 76.0 Å². The molecule has 126 valence electrons. The molecule has 22 heavy (non-hydrogen) atoms. The molecule has 2 heteroatoms. The van der Waals surface area contributed by atoms with Crippen molar-refractivity contribution in [1.29, 1.82) is 0 Å². The topological polar surface area (TPSA) is 40.5 Å². The van der Waals surface area contributed by atoms with Crippen LogP contribution in [0.2, 0.25) is 0 Å². The van der Waals surface area contributed by atoms with Gasteiger partial charge in [0.2, 0.25) is 0 Å². The number of fused-ring (bicyclic) bond motifs is 1. The summed E-state index contributed by atoms with van der Waals surface area (Å²) in [6, 6.07) is 0. The Morgan fingerprint density at radius 1 is 1.27 bits per heavy atom. The van der Waals surface area contributed by atoms with Crippen molar-refractivity contribution in [2.24, 2.45) is 23.2 Å².